The van der Waals surface area contributed by atoms with Gasteiger partial charge >= 0.3 is 6.18 Å². The van der Waals surface area contributed by atoms with Crippen LogP contribution in [-0.4, -0.2) is 25.6 Å². The first-order valence-corrected chi connectivity index (χ1v) is 6.68. The van der Waals surface area contributed by atoms with Crippen LogP contribution < -0.4 is 15.4 Å². The zero-order valence-electron chi connectivity index (χ0n) is 12.0. The highest BCUT2D eigenvalue weighted by Gasteiger charge is 2.34. The number of carbonyl (C=O) groups excluding carboxylic acids is 1. The van der Waals surface area contributed by atoms with Crippen molar-refractivity contribution in [2.24, 2.45) is 0 Å². The number of nitrogens with one attached hydrogen (secondary N) is 2. The van der Waals surface area contributed by atoms with E-state index in [2.05, 4.69) is 10.6 Å². The van der Waals surface area contributed by atoms with E-state index in [0.29, 0.717) is 25.2 Å². The molecule has 1 aromatic carbocycles. The fraction of sp³-hybridized carbons (Fsp3) is 0.500. The third-order valence-corrected chi connectivity index (χ3v) is 2.66. The normalized spacial score (nSPS) is 11.3. The van der Waals surface area contributed by atoms with Gasteiger partial charge in [0.05, 0.1) is 5.56 Å². The minimum atomic E-state index is -4.53. The molecule has 1 rings (SSSR count). The number of likely N-dealkylation sites (N-methyl/N-ethyl adjacent to an activating group) is 1. The van der Waals surface area contributed by atoms with Gasteiger partial charge in [0.15, 0.2) is 6.61 Å². The second-order valence-electron chi connectivity index (χ2n) is 4.35. The molecule has 0 aliphatic carbocycles. The Kier molecular flexibility index (Phi) is 6.48. The molecule has 118 valence electrons. The maximum absolute atomic E-state index is 13.0. The summed E-state index contributed by atoms with van der Waals surface area (Å²) in [6, 6.07) is 3.83. The van der Waals surface area contributed by atoms with Crippen molar-refractivity contribution >= 4 is 5.91 Å². The summed E-state index contributed by atoms with van der Waals surface area (Å²) in [6.07, 6.45) is -4.53. The molecule has 4 nitrogen and oxygen atoms in total. The number of amides is 1. The maximum atomic E-state index is 13.0. The lowest BCUT2D eigenvalue weighted by Crippen LogP contribution is -2.28. The number of hydrogen-bond donors (Lipinski definition) is 2. The van der Waals surface area contributed by atoms with E-state index in [-0.39, 0.29) is 5.75 Å². The molecule has 0 aliphatic rings. The van der Waals surface area contributed by atoms with Crippen molar-refractivity contribution in [3.05, 3.63) is 29.3 Å². The minimum Gasteiger partial charge on any atom is -0.483 e. The average molecular weight is 304 g/mol. The quantitative estimate of drug-likeness (QED) is 0.813. The van der Waals surface area contributed by atoms with Crippen molar-refractivity contribution in [1.29, 1.82) is 0 Å². The van der Waals surface area contributed by atoms with Crippen LogP contribution in [0.25, 0.3) is 0 Å². The molecule has 0 saturated carbocycles. The predicted molar refractivity (Wildman–Crippen MR) is 73.0 cm³/mol. The number of rotatable bonds is 7. The zero-order chi connectivity index (χ0) is 15.9. The SMILES string of the molecule is CCNCc1ccc(OCC(=O)NCC)c(C(F)(F)F)c1. The minimum absolute atomic E-state index is 0.339. The molecule has 21 heavy (non-hydrogen) atoms. The second kappa shape index (κ2) is 7.87. The van der Waals surface area contributed by atoms with E-state index in [1.165, 1.54) is 6.07 Å². The van der Waals surface area contributed by atoms with Crippen molar-refractivity contribution in [2.75, 3.05) is 19.7 Å². The van der Waals surface area contributed by atoms with Crippen molar-refractivity contribution in [2.45, 2.75) is 26.6 Å². The van der Waals surface area contributed by atoms with E-state index in [1.54, 1.807) is 13.0 Å². The molecule has 7 heteroatoms. The van der Waals surface area contributed by atoms with Gasteiger partial charge in [-0.25, -0.2) is 0 Å². The topological polar surface area (TPSA) is 50.4 Å². The average Bonchev–Trinajstić information content (AvgIpc) is 2.42. The third kappa shape index (κ3) is 5.63. The van der Waals surface area contributed by atoms with E-state index in [9.17, 15) is 18.0 Å². The lowest BCUT2D eigenvalue weighted by molar-refractivity contribution is -0.139. The Labute approximate surface area is 121 Å². The smallest absolute Gasteiger partial charge is 0.419 e. The molecule has 0 bridgehead atoms. The largest absolute Gasteiger partial charge is 0.483 e. The Morgan fingerprint density at radius 2 is 1.95 bits per heavy atom. The molecule has 1 amide bonds. The molecule has 1 aromatic rings. The standard InChI is InChI=1S/C14H19F3N2O2/c1-3-18-8-10-5-6-12(11(7-10)14(15,16)17)21-9-13(20)19-4-2/h5-7,18H,3-4,8-9H2,1-2H3,(H,19,20). The van der Waals surface area contributed by atoms with Gasteiger partial charge in [0, 0.05) is 13.1 Å². The number of alkyl halides is 3. The van der Waals surface area contributed by atoms with Gasteiger partial charge in [0.1, 0.15) is 5.75 Å². The van der Waals surface area contributed by atoms with E-state index >= 15 is 0 Å². The van der Waals surface area contributed by atoms with E-state index in [0.717, 1.165) is 6.07 Å². The highest BCUT2D eigenvalue weighted by Crippen LogP contribution is 2.36. The Balaban J connectivity index is 2.89. The molecule has 0 unspecified atom stereocenters. The molecular weight excluding hydrogens is 285 g/mol. The Hall–Kier alpha value is -1.76. The maximum Gasteiger partial charge on any atom is 0.419 e. The fourth-order valence-corrected chi connectivity index (χ4v) is 1.70. The van der Waals surface area contributed by atoms with Crippen molar-refractivity contribution in [3.8, 4) is 5.75 Å². The van der Waals surface area contributed by atoms with Crippen LogP contribution in [0.2, 0.25) is 0 Å². The summed E-state index contributed by atoms with van der Waals surface area (Å²) in [5.74, 6) is -0.795. The molecule has 0 fully saturated rings. The molecule has 0 aliphatic heterocycles. The second-order valence-corrected chi connectivity index (χ2v) is 4.35. The third-order valence-electron chi connectivity index (χ3n) is 2.66. The van der Waals surface area contributed by atoms with Gasteiger partial charge in [-0.1, -0.05) is 13.0 Å². The number of benzene rings is 1. The van der Waals surface area contributed by atoms with Crippen LogP contribution in [0.1, 0.15) is 25.0 Å². The number of halogens is 3. The Bertz CT molecular complexity index is 476. The first-order chi connectivity index (χ1) is 9.88. The van der Waals surface area contributed by atoms with E-state index in [4.69, 9.17) is 4.74 Å². The highest BCUT2D eigenvalue weighted by molar-refractivity contribution is 5.77. The van der Waals surface area contributed by atoms with E-state index < -0.39 is 24.3 Å². The summed E-state index contributed by atoms with van der Waals surface area (Å²) in [4.78, 5) is 11.3. The van der Waals surface area contributed by atoms with Gasteiger partial charge in [-0.05, 0) is 31.2 Å². The lowest BCUT2D eigenvalue weighted by atomic mass is 10.1. The van der Waals surface area contributed by atoms with Crippen molar-refractivity contribution < 1.29 is 22.7 Å². The summed E-state index contributed by atoms with van der Waals surface area (Å²) in [5, 5.41) is 5.42. The summed E-state index contributed by atoms with van der Waals surface area (Å²) < 4.78 is 44.1. The van der Waals surface area contributed by atoms with E-state index in [1.807, 2.05) is 6.92 Å². The zero-order valence-corrected chi connectivity index (χ0v) is 12.0. The van der Waals surface area contributed by atoms with Crippen LogP contribution in [0.4, 0.5) is 13.2 Å². The van der Waals surface area contributed by atoms with Crippen LogP contribution in [0, 0.1) is 0 Å². The number of ether oxygens (including phenoxy) is 1. The summed E-state index contributed by atoms with van der Waals surface area (Å²) in [7, 11) is 0. The van der Waals surface area contributed by atoms with Gasteiger partial charge < -0.3 is 15.4 Å². The molecule has 0 spiro atoms. The Morgan fingerprint density at radius 1 is 1.24 bits per heavy atom. The van der Waals surface area contributed by atoms with Gasteiger partial charge in [0.25, 0.3) is 5.91 Å². The molecule has 0 aromatic heterocycles. The highest BCUT2D eigenvalue weighted by atomic mass is 19.4. The van der Waals surface area contributed by atoms with Crippen LogP contribution in [0.15, 0.2) is 18.2 Å². The van der Waals surface area contributed by atoms with Crippen molar-refractivity contribution in [3.63, 3.8) is 0 Å². The summed E-state index contributed by atoms with van der Waals surface area (Å²) >= 11 is 0. The molecular formula is C14H19F3N2O2. The van der Waals surface area contributed by atoms with Crippen LogP contribution >= 0.6 is 0 Å². The summed E-state index contributed by atoms with van der Waals surface area (Å²) in [6.45, 7) is 4.55. The van der Waals surface area contributed by atoms with Gasteiger partial charge in [-0.2, -0.15) is 13.2 Å². The molecule has 0 radical (unpaired) electrons. The van der Waals surface area contributed by atoms with Crippen LogP contribution in [0.3, 0.4) is 0 Å². The van der Waals surface area contributed by atoms with Crippen LogP contribution in [0.5, 0.6) is 5.75 Å². The van der Waals surface area contributed by atoms with Gasteiger partial charge in [-0.15, -0.1) is 0 Å². The summed E-state index contributed by atoms with van der Waals surface area (Å²) in [5.41, 5.74) is -0.364. The fourth-order valence-electron chi connectivity index (χ4n) is 1.70. The Morgan fingerprint density at radius 3 is 2.52 bits per heavy atom. The predicted octanol–water partition coefficient (Wildman–Crippen LogP) is 2.33. The van der Waals surface area contributed by atoms with Gasteiger partial charge in [0.2, 0.25) is 0 Å². The van der Waals surface area contributed by atoms with Crippen LogP contribution in [-0.2, 0) is 17.5 Å². The lowest BCUT2D eigenvalue weighted by Gasteiger charge is -2.15. The first kappa shape index (κ1) is 17.3. The van der Waals surface area contributed by atoms with Crippen molar-refractivity contribution in [1.82, 2.24) is 10.6 Å². The molecule has 2 N–H and O–H groups in total. The molecule has 0 saturated heterocycles. The number of carbonyl (C=O) groups is 1. The molecule has 0 heterocycles. The first-order valence-electron chi connectivity index (χ1n) is 6.68. The van der Waals surface area contributed by atoms with Gasteiger partial charge in [-0.3, -0.25) is 4.79 Å². The number of hydrogen-bond acceptors (Lipinski definition) is 3. The molecule has 0 atom stereocenters. The monoisotopic (exact) mass is 304 g/mol.